The van der Waals surface area contributed by atoms with E-state index in [9.17, 15) is 35.5 Å². The van der Waals surface area contributed by atoms with E-state index in [2.05, 4.69) is 4.74 Å². The minimum atomic E-state index is -5.83. The van der Waals surface area contributed by atoms with Crippen molar-refractivity contribution in [3.63, 3.8) is 0 Å². The van der Waals surface area contributed by atoms with Gasteiger partial charge in [0, 0.05) is 5.56 Å². The van der Waals surface area contributed by atoms with E-state index in [4.69, 9.17) is 5.11 Å². The Kier molecular flexibility index (Phi) is 5.05. The van der Waals surface area contributed by atoms with Crippen molar-refractivity contribution < 1.29 is 45.4 Å². The number of alkyl halides is 6. The Labute approximate surface area is 118 Å². The van der Waals surface area contributed by atoms with Crippen LogP contribution in [0.1, 0.15) is 10.4 Å². The Morgan fingerprint density at radius 3 is 1.91 bits per heavy atom. The Balaban J connectivity index is 2.92. The van der Waals surface area contributed by atoms with E-state index in [-0.39, 0.29) is 11.6 Å². The average Bonchev–Trinajstić information content (AvgIpc) is 2.34. The molecule has 0 aliphatic rings. The third-order valence-electron chi connectivity index (χ3n) is 2.22. The van der Waals surface area contributed by atoms with Gasteiger partial charge < -0.3 is 9.84 Å². The van der Waals surface area contributed by atoms with E-state index >= 15 is 0 Å². The fourth-order valence-corrected chi connectivity index (χ4v) is 1.28. The highest BCUT2D eigenvalue weighted by Crippen LogP contribution is 2.36. The number of benzene rings is 1. The number of aliphatic hydroxyl groups is 1. The number of allylic oxidation sites excluding steroid dienone is 1. The molecule has 1 rings (SSSR count). The van der Waals surface area contributed by atoms with Crippen LogP contribution in [0.4, 0.5) is 30.7 Å². The summed E-state index contributed by atoms with van der Waals surface area (Å²) in [5.41, 5.74) is -0.271. The number of ether oxygens (including phenoxy) is 1. The van der Waals surface area contributed by atoms with E-state index in [1.807, 2.05) is 0 Å². The Bertz CT molecular complexity index is 544. The van der Waals surface area contributed by atoms with Crippen molar-refractivity contribution >= 4 is 5.78 Å². The molecule has 0 fully saturated rings. The summed E-state index contributed by atoms with van der Waals surface area (Å²) in [7, 11) is 0. The standard InChI is InChI=1S/C12H7F7O3/c13-7-3-1-6(2-4-7)8(20)5-9(21)22-10(11(14,15)16)12(17,18)19/h1-5,10,21H/b9-5+. The highest BCUT2D eigenvalue weighted by Gasteiger charge is 2.59. The number of ketones is 1. The van der Waals surface area contributed by atoms with Gasteiger partial charge >= 0.3 is 12.4 Å². The van der Waals surface area contributed by atoms with Crippen LogP contribution in [0.2, 0.25) is 0 Å². The smallest absolute Gasteiger partial charge is 0.434 e. The summed E-state index contributed by atoms with van der Waals surface area (Å²) in [4.78, 5) is 11.4. The van der Waals surface area contributed by atoms with Crippen LogP contribution in [0.5, 0.6) is 0 Å². The van der Waals surface area contributed by atoms with Gasteiger partial charge in [-0.25, -0.2) is 4.39 Å². The van der Waals surface area contributed by atoms with Crippen molar-refractivity contribution in [3.8, 4) is 0 Å². The van der Waals surface area contributed by atoms with Crippen LogP contribution in [0.3, 0.4) is 0 Å². The number of halogens is 7. The molecule has 10 heteroatoms. The van der Waals surface area contributed by atoms with Gasteiger partial charge in [0.25, 0.3) is 12.0 Å². The molecule has 0 aromatic heterocycles. The monoisotopic (exact) mass is 332 g/mol. The summed E-state index contributed by atoms with van der Waals surface area (Å²) in [6.45, 7) is 0. The predicted octanol–water partition coefficient (Wildman–Crippen LogP) is 3.92. The molecule has 1 aromatic rings. The van der Waals surface area contributed by atoms with Crippen molar-refractivity contribution in [1.29, 1.82) is 0 Å². The van der Waals surface area contributed by atoms with Crippen molar-refractivity contribution in [1.82, 2.24) is 0 Å². The zero-order valence-corrected chi connectivity index (χ0v) is 10.4. The lowest BCUT2D eigenvalue weighted by Crippen LogP contribution is -2.44. The summed E-state index contributed by atoms with van der Waals surface area (Å²) in [5, 5.41) is 8.98. The third kappa shape index (κ3) is 4.93. The first-order chi connectivity index (χ1) is 9.91. The fourth-order valence-electron chi connectivity index (χ4n) is 1.28. The first kappa shape index (κ1) is 17.8. The number of aliphatic hydroxyl groups excluding tert-OH is 1. The lowest BCUT2D eigenvalue weighted by atomic mass is 10.1. The number of carbonyl (C=O) groups is 1. The molecule has 1 N–H and O–H groups in total. The van der Waals surface area contributed by atoms with Gasteiger partial charge in [0.15, 0.2) is 5.78 Å². The fraction of sp³-hybridized carbons (Fsp3) is 0.250. The van der Waals surface area contributed by atoms with Crippen LogP contribution in [0, 0.1) is 5.82 Å². The molecule has 0 atom stereocenters. The van der Waals surface area contributed by atoms with E-state index in [0.717, 1.165) is 24.3 Å². The van der Waals surface area contributed by atoms with Gasteiger partial charge in [0.05, 0.1) is 6.08 Å². The van der Waals surface area contributed by atoms with Crippen LogP contribution in [-0.4, -0.2) is 29.3 Å². The molecule has 0 radical (unpaired) electrons. The molecule has 0 saturated heterocycles. The summed E-state index contributed by atoms with van der Waals surface area (Å²) in [5.74, 6) is -3.75. The molecule has 0 heterocycles. The molecule has 0 saturated carbocycles. The molecule has 0 amide bonds. The van der Waals surface area contributed by atoms with Crippen molar-refractivity contribution in [2.75, 3.05) is 0 Å². The number of hydrogen-bond acceptors (Lipinski definition) is 3. The van der Waals surface area contributed by atoms with Crippen LogP contribution in [0.15, 0.2) is 36.3 Å². The van der Waals surface area contributed by atoms with Gasteiger partial charge in [0.2, 0.25) is 0 Å². The highest BCUT2D eigenvalue weighted by molar-refractivity contribution is 6.04. The van der Waals surface area contributed by atoms with Crippen LogP contribution >= 0.6 is 0 Å². The van der Waals surface area contributed by atoms with Crippen LogP contribution < -0.4 is 0 Å². The van der Waals surface area contributed by atoms with E-state index in [1.165, 1.54) is 0 Å². The second kappa shape index (κ2) is 6.24. The summed E-state index contributed by atoms with van der Waals surface area (Å²) >= 11 is 0. The highest BCUT2D eigenvalue weighted by atomic mass is 19.4. The molecule has 1 aromatic carbocycles. The Morgan fingerprint density at radius 2 is 1.50 bits per heavy atom. The van der Waals surface area contributed by atoms with Gasteiger partial charge in [-0.05, 0) is 24.3 Å². The second-order valence-corrected chi connectivity index (χ2v) is 3.93. The van der Waals surface area contributed by atoms with E-state index in [0.29, 0.717) is 0 Å². The van der Waals surface area contributed by atoms with Gasteiger partial charge in [-0.3, -0.25) is 4.79 Å². The molecular formula is C12H7F7O3. The topological polar surface area (TPSA) is 46.5 Å². The second-order valence-electron chi connectivity index (χ2n) is 3.93. The summed E-state index contributed by atoms with van der Waals surface area (Å²) in [6, 6.07) is 3.53. The largest absolute Gasteiger partial charge is 0.481 e. The molecule has 3 nitrogen and oxygen atoms in total. The van der Waals surface area contributed by atoms with Gasteiger partial charge in [-0.1, -0.05) is 0 Å². The number of rotatable bonds is 4. The number of carbonyl (C=O) groups excluding carboxylic acids is 1. The molecular weight excluding hydrogens is 325 g/mol. The minimum absolute atomic E-state index is 0.0255. The van der Waals surface area contributed by atoms with Crippen LogP contribution in [-0.2, 0) is 4.74 Å². The first-order valence-corrected chi connectivity index (χ1v) is 5.42. The van der Waals surface area contributed by atoms with Crippen molar-refractivity contribution in [3.05, 3.63) is 47.7 Å². The van der Waals surface area contributed by atoms with Crippen LogP contribution in [0.25, 0.3) is 0 Å². The third-order valence-corrected chi connectivity index (χ3v) is 2.22. The first-order valence-electron chi connectivity index (χ1n) is 5.42. The number of hydrogen-bond donors (Lipinski definition) is 1. The maximum absolute atomic E-state index is 12.6. The minimum Gasteiger partial charge on any atom is -0.481 e. The quantitative estimate of drug-likeness (QED) is 0.393. The predicted molar refractivity (Wildman–Crippen MR) is 58.4 cm³/mol. The van der Waals surface area contributed by atoms with E-state index < -0.39 is 36.0 Å². The van der Waals surface area contributed by atoms with Crippen molar-refractivity contribution in [2.24, 2.45) is 0 Å². The van der Waals surface area contributed by atoms with Crippen molar-refractivity contribution in [2.45, 2.75) is 18.5 Å². The molecule has 22 heavy (non-hydrogen) atoms. The van der Waals surface area contributed by atoms with E-state index in [1.54, 1.807) is 0 Å². The molecule has 0 aliphatic heterocycles. The molecule has 0 bridgehead atoms. The normalized spacial score (nSPS) is 13.4. The maximum Gasteiger partial charge on any atom is 0.434 e. The Morgan fingerprint density at radius 1 is 1.05 bits per heavy atom. The lowest BCUT2D eigenvalue weighted by Gasteiger charge is -2.22. The lowest BCUT2D eigenvalue weighted by molar-refractivity contribution is -0.319. The van der Waals surface area contributed by atoms with Gasteiger partial charge in [-0.2, -0.15) is 26.3 Å². The summed E-state index contributed by atoms with van der Waals surface area (Å²) in [6.07, 6.45) is -15.9. The molecule has 0 aliphatic carbocycles. The average molecular weight is 332 g/mol. The van der Waals surface area contributed by atoms with Gasteiger partial charge in [0.1, 0.15) is 5.82 Å². The van der Waals surface area contributed by atoms with Gasteiger partial charge in [-0.15, -0.1) is 0 Å². The molecule has 0 unspecified atom stereocenters. The summed E-state index contributed by atoms with van der Waals surface area (Å²) < 4.78 is 89.0. The Hall–Kier alpha value is -2.26. The molecule has 122 valence electrons. The zero-order valence-electron chi connectivity index (χ0n) is 10.4. The maximum atomic E-state index is 12.6. The zero-order chi connectivity index (χ0) is 17.1. The SMILES string of the molecule is O=C(/C=C(\O)OC(C(F)(F)F)C(F)(F)F)c1ccc(F)cc1. The molecule has 0 spiro atoms.